The predicted molar refractivity (Wildman–Crippen MR) is 75.8 cm³/mol. The van der Waals surface area contributed by atoms with Crippen molar-refractivity contribution >= 4 is 12.2 Å². The van der Waals surface area contributed by atoms with Gasteiger partial charge in [0.25, 0.3) is 5.92 Å². The van der Waals surface area contributed by atoms with Crippen LogP contribution in [0, 0.1) is 0 Å². The summed E-state index contributed by atoms with van der Waals surface area (Å²) in [5, 5.41) is 2.08. The molecular formula is C14H22F2N2O4. The van der Waals surface area contributed by atoms with Crippen LogP contribution in [-0.2, 0) is 9.47 Å². The van der Waals surface area contributed by atoms with E-state index in [4.69, 9.17) is 4.74 Å². The van der Waals surface area contributed by atoms with Gasteiger partial charge in [-0.3, -0.25) is 0 Å². The van der Waals surface area contributed by atoms with Crippen LogP contribution in [-0.4, -0.2) is 54.3 Å². The zero-order chi connectivity index (χ0) is 17.0. The minimum atomic E-state index is -3.12. The fourth-order valence-corrected chi connectivity index (χ4v) is 1.87. The zero-order valence-corrected chi connectivity index (χ0v) is 13.0. The van der Waals surface area contributed by atoms with Crippen molar-refractivity contribution in [3.8, 4) is 0 Å². The van der Waals surface area contributed by atoms with E-state index in [1.165, 1.54) is 6.08 Å². The number of amides is 2. The fraction of sp³-hybridized carbons (Fsp3) is 0.714. The van der Waals surface area contributed by atoms with E-state index in [-0.39, 0.29) is 19.7 Å². The van der Waals surface area contributed by atoms with E-state index >= 15 is 0 Å². The summed E-state index contributed by atoms with van der Waals surface area (Å²) in [4.78, 5) is 24.5. The minimum Gasteiger partial charge on any atom is -0.445 e. The molecule has 0 aromatic heterocycles. The Morgan fingerprint density at radius 2 is 2.09 bits per heavy atom. The summed E-state index contributed by atoms with van der Waals surface area (Å²) in [6.07, 6.45) is -0.894. The van der Waals surface area contributed by atoms with Gasteiger partial charge in [0.1, 0.15) is 18.2 Å². The number of nitrogens with one attached hydrogen (secondary N) is 1. The number of halogens is 2. The van der Waals surface area contributed by atoms with E-state index in [0.29, 0.717) is 0 Å². The van der Waals surface area contributed by atoms with Crippen LogP contribution in [0.15, 0.2) is 12.7 Å². The van der Waals surface area contributed by atoms with Crippen molar-refractivity contribution in [1.82, 2.24) is 10.2 Å². The Bertz CT molecular complexity index is 435. The smallest absolute Gasteiger partial charge is 0.410 e. The largest absolute Gasteiger partial charge is 0.445 e. The molecule has 1 fully saturated rings. The molecule has 2 amide bonds. The van der Waals surface area contributed by atoms with E-state index in [1.807, 2.05) is 0 Å². The molecule has 0 aromatic carbocycles. The molecule has 8 heteroatoms. The highest BCUT2D eigenvalue weighted by Gasteiger charge is 2.46. The lowest BCUT2D eigenvalue weighted by Gasteiger charge is -2.38. The van der Waals surface area contributed by atoms with E-state index in [9.17, 15) is 18.4 Å². The lowest BCUT2D eigenvalue weighted by atomic mass is 10.0. The van der Waals surface area contributed by atoms with Crippen molar-refractivity contribution in [3.05, 3.63) is 12.7 Å². The number of hydrogen-bond donors (Lipinski definition) is 1. The second-order valence-corrected chi connectivity index (χ2v) is 6.02. The molecule has 0 unspecified atom stereocenters. The minimum absolute atomic E-state index is 0.0834. The van der Waals surface area contributed by atoms with E-state index < -0.39 is 36.2 Å². The van der Waals surface area contributed by atoms with Crippen LogP contribution in [0.1, 0.15) is 27.2 Å². The average molecular weight is 320 g/mol. The summed E-state index contributed by atoms with van der Waals surface area (Å²) in [6.45, 7) is 7.85. The molecule has 0 radical (unpaired) electrons. The number of likely N-dealkylation sites (tertiary alicyclic amines) is 1. The predicted octanol–water partition coefficient (Wildman–Crippen LogP) is 2.54. The van der Waals surface area contributed by atoms with Gasteiger partial charge in [0.05, 0.1) is 6.54 Å². The molecule has 1 rings (SSSR count). The van der Waals surface area contributed by atoms with Crippen LogP contribution in [0.2, 0.25) is 0 Å². The third-order valence-corrected chi connectivity index (χ3v) is 2.90. The highest BCUT2D eigenvalue weighted by atomic mass is 19.3. The van der Waals surface area contributed by atoms with Gasteiger partial charge in [0.2, 0.25) is 0 Å². The molecule has 1 aliphatic heterocycles. The number of carbonyl (C=O) groups excluding carboxylic acids is 2. The maximum Gasteiger partial charge on any atom is 0.410 e. The van der Waals surface area contributed by atoms with Gasteiger partial charge in [-0.15, -0.1) is 0 Å². The zero-order valence-electron chi connectivity index (χ0n) is 13.0. The Labute approximate surface area is 128 Å². The molecule has 22 heavy (non-hydrogen) atoms. The highest BCUT2D eigenvalue weighted by molar-refractivity contribution is 5.70. The number of rotatable bonds is 3. The summed E-state index contributed by atoms with van der Waals surface area (Å²) < 4.78 is 37.5. The fourth-order valence-electron chi connectivity index (χ4n) is 1.87. The molecular weight excluding hydrogens is 298 g/mol. The van der Waals surface area contributed by atoms with Crippen molar-refractivity contribution in [1.29, 1.82) is 0 Å². The van der Waals surface area contributed by atoms with Gasteiger partial charge in [-0.25, -0.2) is 18.4 Å². The van der Waals surface area contributed by atoms with Crippen LogP contribution in [0.5, 0.6) is 0 Å². The van der Waals surface area contributed by atoms with Crippen LogP contribution >= 0.6 is 0 Å². The first-order valence-corrected chi connectivity index (χ1v) is 6.95. The first-order chi connectivity index (χ1) is 10.0. The molecule has 1 heterocycles. The number of alkyl carbamates (subject to hydrolysis) is 1. The maximum atomic E-state index is 13.9. The Morgan fingerprint density at radius 1 is 1.45 bits per heavy atom. The van der Waals surface area contributed by atoms with Crippen molar-refractivity contribution in [3.63, 3.8) is 0 Å². The molecule has 1 atom stereocenters. The topological polar surface area (TPSA) is 67.9 Å². The monoisotopic (exact) mass is 320 g/mol. The van der Waals surface area contributed by atoms with Crippen LogP contribution < -0.4 is 5.32 Å². The van der Waals surface area contributed by atoms with E-state index in [1.54, 1.807) is 20.8 Å². The number of ether oxygens (including phenoxy) is 2. The van der Waals surface area contributed by atoms with Crippen LogP contribution in [0.25, 0.3) is 0 Å². The maximum absolute atomic E-state index is 13.9. The highest BCUT2D eigenvalue weighted by Crippen LogP contribution is 2.29. The molecule has 1 saturated heterocycles. The van der Waals surface area contributed by atoms with Crippen molar-refractivity contribution in [2.75, 3.05) is 19.7 Å². The van der Waals surface area contributed by atoms with Crippen molar-refractivity contribution < 1.29 is 27.8 Å². The summed E-state index contributed by atoms with van der Waals surface area (Å²) >= 11 is 0. The number of hydrogen-bond acceptors (Lipinski definition) is 4. The number of nitrogens with zero attached hydrogens (tertiary/aromatic N) is 1. The summed E-state index contributed by atoms with van der Waals surface area (Å²) in [5.74, 6) is -3.12. The molecule has 6 nitrogen and oxygen atoms in total. The SMILES string of the molecule is C=CCOC(=O)N[C@H]1CN(C(=O)OC(C)(C)C)CCC1(F)F. The van der Waals surface area contributed by atoms with Crippen molar-refractivity contribution in [2.24, 2.45) is 0 Å². The number of piperidine rings is 1. The molecule has 0 saturated carbocycles. The third kappa shape index (κ3) is 5.50. The van der Waals surface area contributed by atoms with Gasteiger partial charge >= 0.3 is 12.2 Å². The second kappa shape index (κ2) is 6.93. The standard InChI is InChI=1S/C14H22F2N2O4/c1-5-8-21-11(19)17-10-9-18(7-6-14(10,15)16)12(20)22-13(2,3)4/h5,10H,1,6-9H2,2-4H3,(H,17,19)/t10-/m0/s1. The lowest BCUT2D eigenvalue weighted by Crippen LogP contribution is -2.60. The van der Waals surface area contributed by atoms with Gasteiger partial charge in [-0.1, -0.05) is 12.7 Å². The average Bonchev–Trinajstić information content (AvgIpc) is 2.36. The Morgan fingerprint density at radius 3 is 2.64 bits per heavy atom. The number of carbonyl (C=O) groups is 2. The summed E-state index contributed by atoms with van der Waals surface area (Å²) in [7, 11) is 0. The van der Waals surface area contributed by atoms with Gasteiger partial charge in [0, 0.05) is 13.0 Å². The van der Waals surface area contributed by atoms with Gasteiger partial charge in [-0.2, -0.15) is 0 Å². The van der Waals surface area contributed by atoms with Gasteiger partial charge in [-0.05, 0) is 20.8 Å². The molecule has 0 bridgehead atoms. The number of alkyl halides is 2. The molecule has 0 spiro atoms. The van der Waals surface area contributed by atoms with E-state index in [2.05, 4.69) is 16.6 Å². The molecule has 0 aromatic rings. The van der Waals surface area contributed by atoms with Gasteiger partial charge in [0.15, 0.2) is 0 Å². The van der Waals surface area contributed by atoms with Crippen LogP contribution in [0.3, 0.4) is 0 Å². The lowest BCUT2D eigenvalue weighted by molar-refractivity contribution is -0.0831. The Hall–Kier alpha value is -1.86. The Kier molecular flexibility index (Phi) is 5.73. The van der Waals surface area contributed by atoms with Crippen LogP contribution in [0.4, 0.5) is 18.4 Å². The van der Waals surface area contributed by atoms with E-state index in [0.717, 1.165) is 4.90 Å². The quantitative estimate of drug-likeness (QED) is 0.812. The molecule has 0 aliphatic carbocycles. The molecule has 1 N–H and O–H groups in total. The molecule has 1 aliphatic rings. The molecule has 126 valence electrons. The summed E-state index contributed by atoms with van der Waals surface area (Å²) in [5.41, 5.74) is -0.719. The normalized spacial score (nSPS) is 21.0. The van der Waals surface area contributed by atoms with Gasteiger partial charge < -0.3 is 19.7 Å². The Balaban J connectivity index is 2.67. The summed E-state index contributed by atoms with van der Waals surface area (Å²) in [6, 6.07) is -1.52. The third-order valence-electron chi connectivity index (χ3n) is 2.90. The second-order valence-electron chi connectivity index (χ2n) is 6.02. The first kappa shape index (κ1) is 18.2. The first-order valence-electron chi connectivity index (χ1n) is 6.95. The van der Waals surface area contributed by atoms with Crippen molar-refractivity contribution in [2.45, 2.75) is 44.8 Å².